The number of piperazine rings is 1. The molecule has 2 heterocycles. The zero-order valence-corrected chi connectivity index (χ0v) is 14.9. The van der Waals surface area contributed by atoms with Crippen LogP contribution in [0.15, 0.2) is 24.3 Å². The van der Waals surface area contributed by atoms with Crippen molar-refractivity contribution in [1.82, 2.24) is 20.0 Å². The van der Waals surface area contributed by atoms with Crippen molar-refractivity contribution in [2.24, 2.45) is 0 Å². The first kappa shape index (κ1) is 18.5. The number of nitrogens with zero attached hydrogens (tertiary/aromatic N) is 3. The summed E-state index contributed by atoms with van der Waals surface area (Å²) in [6.07, 6.45) is 0. The molecule has 0 bridgehead atoms. The van der Waals surface area contributed by atoms with E-state index in [1.54, 1.807) is 23.1 Å². The highest BCUT2D eigenvalue weighted by atomic mass is 16.5. The van der Waals surface area contributed by atoms with Gasteiger partial charge >= 0.3 is 6.03 Å². The van der Waals surface area contributed by atoms with Crippen molar-refractivity contribution in [2.45, 2.75) is 6.54 Å². The molecule has 0 unspecified atom stereocenters. The van der Waals surface area contributed by atoms with Crippen molar-refractivity contribution in [1.29, 1.82) is 0 Å². The number of phenols is 1. The van der Waals surface area contributed by atoms with Crippen LogP contribution in [0, 0.1) is 0 Å². The number of hydrogen-bond acceptors (Lipinski definition) is 5. The van der Waals surface area contributed by atoms with Crippen LogP contribution in [0.25, 0.3) is 0 Å². The molecule has 0 radical (unpaired) electrons. The van der Waals surface area contributed by atoms with Crippen LogP contribution in [-0.2, 0) is 16.1 Å². The minimum Gasteiger partial charge on any atom is -0.508 e. The number of rotatable bonds is 4. The first-order valence-electron chi connectivity index (χ1n) is 9.00. The van der Waals surface area contributed by atoms with Gasteiger partial charge in [-0.15, -0.1) is 0 Å². The molecule has 2 aliphatic heterocycles. The SMILES string of the molecule is O=C(CN1CCOCC1)N1CCN(C(=O)NCc2cccc(O)c2)CC1. The van der Waals surface area contributed by atoms with Crippen LogP contribution >= 0.6 is 0 Å². The molecule has 0 atom stereocenters. The summed E-state index contributed by atoms with van der Waals surface area (Å²) in [5.74, 6) is 0.302. The normalized spacial score (nSPS) is 18.6. The number of hydrogen-bond donors (Lipinski definition) is 2. The Kier molecular flexibility index (Phi) is 6.30. The Balaban J connectivity index is 1.39. The van der Waals surface area contributed by atoms with E-state index in [0.29, 0.717) is 52.5 Å². The van der Waals surface area contributed by atoms with Gasteiger partial charge in [0.1, 0.15) is 5.75 Å². The fourth-order valence-electron chi connectivity index (χ4n) is 3.17. The highest BCUT2D eigenvalue weighted by molar-refractivity contribution is 5.79. The maximum atomic E-state index is 12.4. The average Bonchev–Trinajstić information content (AvgIpc) is 2.67. The number of ether oxygens (including phenoxy) is 1. The standard InChI is InChI=1S/C18H26N4O4/c23-16-3-1-2-15(12-16)13-19-18(25)22-6-4-21(5-7-22)17(24)14-20-8-10-26-11-9-20/h1-3,12,23H,4-11,13-14H2,(H,19,25). The average molecular weight is 362 g/mol. The summed E-state index contributed by atoms with van der Waals surface area (Å²) in [6.45, 7) is 5.91. The van der Waals surface area contributed by atoms with E-state index in [1.165, 1.54) is 0 Å². The Morgan fingerprint density at radius 1 is 1.04 bits per heavy atom. The van der Waals surface area contributed by atoms with Crippen molar-refractivity contribution in [3.63, 3.8) is 0 Å². The second-order valence-corrected chi connectivity index (χ2v) is 6.58. The lowest BCUT2D eigenvalue weighted by molar-refractivity contribution is -0.134. The zero-order chi connectivity index (χ0) is 18.4. The molecule has 0 aliphatic carbocycles. The van der Waals surface area contributed by atoms with Crippen molar-refractivity contribution >= 4 is 11.9 Å². The lowest BCUT2D eigenvalue weighted by atomic mass is 10.2. The number of carbonyl (C=O) groups excluding carboxylic acids is 2. The first-order chi connectivity index (χ1) is 12.6. The van der Waals surface area contributed by atoms with E-state index >= 15 is 0 Å². The van der Waals surface area contributed by atoms with Gasteiger partial charge in [0, 0.05) is 45.8 Å². The Bertz CT molecular complexity index is 625. The van der Waals surface area contributed by atoms with Gasteiger partial charge in [0.25, 0.3) is 0 Å². The van der Waals surface area contributed by atoms with E-state index in [-0.39, 0.29) is 17.7 Å². The van der Waals surface area contributed by atoms with Gasteiger partial charge in [0.15, 0.2) is 0 Å². The maximum Gasteiger partial charge on any atom is 0.317 e. The molecule has 1 aromatic rings. The third-order valence-corrected chi connectivity index (χ3v) is 4.74. The second-order valence-electron chi connectivity index (χ2n) is 6.58. The molecule has 8 nitrogen and oxygen atoms in total. The summed E-state index contributed by atoms with van der Waals surface area (Å²) in [5.41, 5.74) is 0.845. The number of nitrogens with one attached hydrogen (secondary N) is 1. The molecular formula is C18H26N4O4. The number of urea groups is 1. The number of morpholine rings is 1. The van der Waals surface area contributed by atoms with Gasteiger partial charge in [-0.2, -0.15) is 0 Å². The number of benzene rings is 1. The zero-order valence-electron chi connectivity index (χ0n) is 14.9. The van der Waals surface area contributed by atoms with Gasteiger partial charge in [-0.3, -0.25) is 9.69 Å². The number of phenolic OH excluding ortho intramolecular Hbond substituents is 1. The highest BCUT2D eigenvalue weighted by Crippen LogP contribution is 2.11. The second kappa shape index (κ2) is 8.86. The van der Waals surface area contributed by atoms with E-state index in [9.17, 15) is 14.7 Å². The fourth-order valence-corrected chi connectivity index (χ4v) is 3.17. The molecule has 3 rings (SSSR count). The number of aromatic hydroxyl groups is 1. The fraction of sp³-hybridized carbons (Fsp3) is 0.556. The molecule has 142 valence electrons. The third kappa shape index (κ3) is 5.09. The summed E-state index contributed by atoms with van der Waals surface area (Å²) in [5, 5.41) is 12.3. The van der Waals surface area contributed by atoms with Crippen LogP contribution in [0.1, 0.15) is 5.56 Å². The predicted octanol–water partition coefficient (Wildman–Crippen LogP) is 0.0782. The molecule has 2 fully saturated rings. The van der Waals surface area contributed by atoms with Crippen LogP contribution in [0.5, 0.6) is 5.75 Å². The van der Waals surface area contributed by atoms with Gasteiger partial charge in [-0.05, 0) is 17.7 Å². The van der Waals surface area contributed by atoms with Crippen LogP contribution in [-0.4, -0.2) is 90.8 Å². The molecule has 0 spiro atoms. The molecule has 26 heavy (non-hydrogen) atoms. The molecule has 0 aromatic heterocycles. The summed E-state index contributed by atoms with van der Waals surface area (Å²) in [4.78, 5) is 30.3. The highest BCUT2D eigenvalue weighted by Gasteiger charge is 2.25. The van der Waals surface area contributed by atoms with Crippen molar-refractivity contribution in [3.8, 4) is 5.75 Å². The van der Waals surface area contributed by atoms with Gasteiger partial charge in [-0.25, -0.2) is 4.79 Å². The van der Waals surface area contributed by atoms with E-state index in [1.807, 2.05) is 11.0 Å². The van der Waals surface area contributed by atoms with E-state index in [0.717, 1.165) is 18.7 Å². The lowest BCUT2D eigenvalue weighted by Crippen LogP contribution is -2.55. The monoisotopic (exact) mass is 362 g/mol. The molecule has 8 heteroatoms. The van der Waals surface area contributed by atoms with Crippen molar-refractivity contribution in [3.05, 3.63) is 29.8 Å². The molecule has 2 aliphatic rings. The minimum absolute atomic E-state index is 0.117. The topological polar surface area (TPSA) is 85.4 Å². The summed E-state index contributed by atoms with van der Waals surface area (Å²) < 4.78 is 5.30. The number of amides is 3. The molecule has 1 aromatic carbocycles. The predicted molar refractivity (Wildman–Crippen MR) is 95.8 cm³/mol. The largest absolute Gasteiger partial charge is 0.508 e. The maximum absolute atomic E-state index is 12.4. The van der Waals surface area contributed by atoms with Gasteiger partial charge in [-0.1, -0.05) is 12.1 Å². The van der Waals surface area contributed by atoms with Gasteiger partial charge in [0.2, 0.25) is 5.91 Å². The Labute approximate surface area is 153 Å². The van der Waals surface area contributed by atoms with Crippen molar-refractivity contribution in [2.75, 3.05) is 59.0 Å². The Morgan fingerprint density at radius 2 is 1.73 bits per heavy atom. The van der Waals surface area contributed by atoms with Crippen LogP contribution in [0.3, 0.4) is 0 Å². The summed E-state index contributed by atoms with van der Waals surface area (Å²) in [6, 6.07) is 6.67. The Hall–Kier alpha value is -2.32. The third-order valence-electron chi connectivity index (χ3n) is 4.74. The minimum atomic E-state index is -0.145. The van der Waals surface area contributed by atoms with Gasteiger partial charge in [0.05, 0.1) is 19.8 Å². The molecule has 2 saturated heterocycles. The smallest absolute Gasteiger partial charge is 0.317 e. The number of carbonyl (C=O) groups is 2. The van der Waals surface area contributed by atoms with E-state index < -0.39 is 0 Å². The van der Waals surface area contributed by atoms with Crippen molar-refractivity contribution < 1.29 is 19.4 Å². The molecule has 3 amide bonds. The summed E-state index contributed by atoms with van der Waals surface area (Å²) in [7, 11) is 0. The Morgan fingerprint density at radius 3 is 2.42 bits per heavy atom. The van der Waals surface area contributed by atoms with Gasteiger partial charge < -0.3 is 25.0 Å². The van der Waals surface area contributed by atoms with Crippen LogP contribution in [0.2, 0.25) is 0 Å². The first-order valence-corrected chi connectivity index (χ1v) is 9.00. The molecular weight excluding hydrogens is 336 g/mol. The van der Waals surface area contributed by atoms with Crippen LogP contribution < -0.4 is 5.32 Å². The summed E-state index contributed by atoms with van der Waals surface area (Å²) >= 11 is 0. The quantitative estimate of drug-likeness (QED) is 0.792. The molecule has 0 saturated carbocycles. The van der Waals surface area contributed by atoms with E-state index in [2.05, 4.69) is 10.2 Å². The van der Waals surface area contributed by atoms with E-state index in [4.69, 9.17) is 4.74 Å². The van der Waals surface area contributed by atoms with Crippen LogP contribution in [0.4, 0.5) is 4.79 Å². The lowest BCUT2D eigenvalue weighted by Gasteiger charge is -2.36. The molecule has 2 N–H and O–H groups in total.